The molecule has 0 aliphatic heterocycles. The first-order valence-electron chi connectivity index (χ1n) is 5.49. The van der Waals surface area contributed by atoms with Crippen LogP contribution < -0.4 is 5.73 Å². The molecule has 2 aromatic rings. The van der Waals surface area contributed by atoms with E-state index in [4.69, 9.17) is 10.2 Å². The fourth-order valence-corrected chi connectivity index (χ4v) is 1.68. The van der Waals surface area contributed by atoms with Crippen LogP contribution in [-0.2, 0) is 19.4 Å². The zero-order chi connectivity index (χ0) is 11.4. The molecule has 0 saturated carbocycles. The largest absolute Gasteiger partial charge is 0.444 e. The second-order valence-electron chi connectivity index (χ2n) is 3.81. The zero-order valence-electron chi connectivity index (χ0n) is 9.44. The molecule has 84 valence electrons. The van der Waals surface area contributed by atoms with E-state index in [0.717, 1.165) is 30.2 Å². The fourth-order valence-electron chi connectivity index (χ4n) is 1.68. The number of nitrogens with zero attached hydrogens (tertiary/aromatic N) is 1. The van der Waals surface area contributed by atoms with Gasteiger partial charge >= 0.3 is 0 Å². The summed E-state index contributed by atoms with van der Waals surface area (Å²) in [5, 5.41) is 0. The highest BCUT2D eigenvalue weighted by Crippen LogP contribution is 2.12. The standard InChI is InChI=1S/C13H16N2O/c1-10-12(9-14)16-13(15-10)8-7-11-5-3-2-4-6-11/h2-6H,7-9,14H2,1H3. The predicted molar refractivity (Wildman–Crippen MR) is 63.0 cm³/mol. The van der Waals surface area contributed by atoms with Gasteiger partial charge in [0.05, 0.1) is 12.2 Å². The molecular weight excluding hydrogens is 200 g/mol. The monoisotopic (exact) mass is 216 g/mol. The van der Waals surface area contributed by atoms with Crippen molar-refractivity contribution in [2.24, 2.45) is 5.73 Å². The van der Waals surface area contributed by atoms with Crippen molar-refractivity contribution in [2.45, 2.75) is 26.3 Å². The third-order valence-electron chi connectivity index (χ3n) is 2.59. The molecule has 0 spiro atoms. The second kappa shape index (κ2) is 4.94. The van der Waals surface area contributed by atoms with E-state index in [2.05, 4.69) is 17.1 Å². The lowest BCUT2D eigenvalue weighted by molar-refractivity contribution is 0.455. The van der Waals surface area contributed by atoms with Crippen LogP contribution in [0.15, 0.2) is 34.7 Å². The summed E-state index contributed by atoms with van der Waals surface area (Å²) in [6.07, 6.45) is 1.77. The fraction of sp³-hybridized carbons (Fsp3) is 0.308. The molecule has 16 heavy (non-hydrogen) atoms. The van der Waals surface area contributed by atoms with Crippen molar-refractivity contribution in [3.63, 3.8) is 0 Å². The summed E-state index contributed by atoms with van der Waals surface area (Å²) in [5.41, 5.74) is 7.74. The summed E-state index contributed by atoms with van der Waals surface area (Å²) in [4.78, 5) is 4.35. The van der Waals surface area contributed by atoms with Gasteiger partial charge in [-0.25, -0.2) is 4.98 Å². The molecule has 0 aliphatic rings. The van der Waals surface area contributed by atoms with Gasteiger partial charge < -0.3 is 10.2 Å². The van der Waals surface area contributed by atoms with Crippen molar-refractivity contribution in [2.75, 3.05) is 0 Å². The summed E-state index contributed by atoms with van der Waals surface area (Å²) < 4.78 is 5.55. The van der Waals surface area contributed by atoms with E-state index < -0.39 is 0 Å². The maximum Gasteiger partial charge on any atom is 0.195 e. The lowest BCUT2D eigenvalue weighted by Gasteiger charge is -1.97. The lowest BCUT2D eigenvalue weighted by Crippen LogP contribution is -1.95. The molecule has 0 fully saturated rings. The molecule has 2 N–H and O–H groups in total. The van der Waals surface area contributed by atoms with Crippen LogP contribution in [0.25, 0.3) is 0 Å². The van der Waals surface area contributed by atoms with Gasteiger partial charge in [-0.2, -0.15) is 0 Å². The highest BCUT2D eigenvalue weighted by Gasteiger charge is 2.07. The first kappa shape index (κ1) is 10.9. The number of rotatable bonds is 4. The van der Waals surface area contributed by atoms with Crippen LogP contribution in [0, 0.1) is 6.92 Å². The quantitative estimate of drug-likeness (QED) is 0.852. The molecule has 0 bridgehead atoms. The van der Waals surface area contributed by atoms with E-state index >= 15 is 0 Å². The first-order valence-corrected chi connectivity index (χ1v) is 5.49. The van der Waals surface area contributed by atoms with Crippen LogP contribution in [0.2, 0.25) is 0 Å². The Balaban J connectivity index is 2.00. The van der Waals surface area contributed by atoms with Crippen LogP contribution in [-0.4, -0.2) is 4.98 Å². The van der Waals surface area contributed by atoms with Crippen LogP contribution in [0.4, 0.5) is 0 Å². The van der Waals surface area contributed by atoms with Crippen molar-refractivity contribution < 1.29 is 4.42 Å². The Hall–Kier alpha value is -1.61. The molecule has 1 aromatic heterocycles. The zero-order valence-corrected chi connectivity index (χ0v) is 9.44. The molecular formula is C13H16N2O. The van der Waals surface area contributed by atoms with Gasteiger partial charge in [0.2, 0.25) is 0 Å². The van der Waals surface area contributed by atoms with Gasteiger partial charge in [-0.1, -0.05) is 30.3 Å². The van der Waals surface area contributed by atoms with E-state index in [9.17, 15) is 0 Å². The van der Waals surface area contributed by atoms with Crippen molar-refractivity contribution in [3.8, 4) is 0 Å². The average Bonchev–Trinajstić information content (AvgIpc) is 2.69. The molecule has 1 aromatic carbocycles. The Bertz CT molecular complexity index is 448. The van der Waals surface area contributed by atoms with Gasteiger partial charge in [-0.3, -0.25) is 0 Å². The minimum absolute atomic E-state index is 0.421. The topological polar surface area (TPSA) is 52.0 Å². The second-order valence-corrected chi connectivity index (χ2v) is 3.81. The Morgan fingerprint density at radius 2 is 1.94 bits per heavy atom. The predicted octanol–water partition coefficient (Wildman–Crippen LogP) is 2.23. The Labute approximate surface area is 95.3 Å². The minimum Gasteiger partial charge on any atom is -0.444 e. The molecule has 0 saturated heterocycles. The van der Waals surface area contributed by atoms with Crippen molar-refractivity contribution in [1.29, 1.82) is 0 Å². The third-order valence-corrected chi connectivity index (χ3v) is 2.59. The summed E-state index contributed by atoms with van der Waals surface area (Å²) in [7, 11) is 0. The van der Waals surface area contributed by atoms with Crippen molar-refractivity contribution >= 4 is 0 Å². The number of nitrogens with two attached hydrogens (primary N) is 1. The molecule has 0 aliphatic carbocycles. The lowest BCUT2D eigenvalue weighted by atomic mass is 10.1. The van der Waals surface area contributed by atoms with Crippen LogP contribution in [0.3, 0.4) is 0 Å². The molecule has 0 atom stereocenters. The molecule has 2 rings (SSSR count). The number of oxazole rings is 1. The van der Waals surface area contributed by atoms with E-state index in [0.29, 0.717) is 6.54 Å². The number of aryl methyl sites for hydroxylation is 3. The van der Waals surface area contributed by atoms with Crippen LogP contribution in [0.1, 0.15) is 22.9 Å². The van der Waals surface area contributed by atoms with Crippen LogP contribution in [0.5, 0.6) is 0 Å². The van der Waals surface area contributed by atoms with Gasteiger partial charge in [0, 0.05) is 6.42 Å². The smallest absolute Gasteiger partial charge is 0.195 e. The third kappa shape index (κ3) is 2.49. The number of benzene rings is 1. The normalized spacial score (nSPS) is 10.6. The number of hydrogen-bond donors (Lipinski definition) is 1. The maximum absolute atomic E-state index is 5.55. The molecule has 3 heteroatoms. The van der Waals surface area contributed by atoms with Gasteiger partial charge in [-0.15, -0.1) is 0 Å². The molecule has 1 heterocycles. The van der Waals surface area contributed by atoms with Crippen LogP contribution >= 0.6 is 0 Å². The Morgan fingerprint density at radius 1 is 1.19 bits per heavy atom. The number of hydrogen-bond acceptors (Lipinski definition) is 3. The molecule has 0 unspecified atom stereocenters. The number of aromatic nitrogens is 1. The maximum atomic E-state index is 5.55. The van der Waals surface area contributed by atoms with Crippen molar-refractivity contribution in [1.82, 2.24) is 4.98 Å². The summed E-state index contributed by atoms with van der Waals surface area (Å²) in [6.45, 7) is 2.35. The highest BCUT2D eigenvalue weighted by atomic mass is 16.4. The van der Waals surface area contributed by atoms with E-state index in [1.54, 1.807) is 0 Å². The van der Waals surface area contributed by atoms with E-state index in [1.807, 2.05) is 25.1 Å². The van der Waals surface area contributed by atoms with E-state index in [1.165, 1.54) is 5.56 Å². The Morgan fingerprint density at radius 3 is 2.56 bits per heavy atom. The van der Waals surface area contributed by atoms with Gasteiger partial charge in [0.25, 0.3) is 0 Å². The summed E-state index contributed by atoms with van der Waals surface area (Å²) >= 11 is 0. The summed E-state index contributed by atoms with van der Waals surface area (Å²) in [6, 6.07) is 10.3. The molecule has 3 nitrogen and oxygen atoms in total. The van der Waals surface area contributed by atoms with Gasteiger partial charge in [-0.05, 0) is 18.9 Å². The molecule has 0 radical (unpaired) electrons. The first-order chi connectivity index (χ1) is 7.79. The van der Waals surface area contributed by atoms with Gasteiger partial charge in [0.15, 0.2) is 5.89 Å². The van der Waals surface area contributed by atoms with Crippen molar-refractivity contribution in [3.05, 3.63) is 53.2 Å². The van der Waals surface area contributed by atoms with Gasteiger partial charge in [0.1, 0.15) is 5.76 Å². The van der Waals surface area contributed by atoms with E-state index in [-0.39, 0.29) is 0 Å². The SMILES string of the molecule is Cc1nc(CCc2ccccc2)oc1CN. The summed E-state index contributed by atoms with van der Waals surface area (Å²) in [5.74, 6) is 1.57. The minimum atomic E-state index is 0.421. The molecule has 0 amide bonds. The Kier molecular flexibility index (Phi) is 3.37. The average molecular weight is 216 g/mol. The highest BCUT2D eigenvalue weighted by molar-refractivity contribution is 5.16.